The van der Waals surface area contributed by atoms with E-state index in [1.807, 2.05) is 6.07 Å². The Bertz CT molecular complexity index is 432. The third-order valence-corrected chi connectivity index (χ3v) is 4.85. The highest BCUT2D eigenvalue weighted by atomic mass is 16.3. The molecule has 1 aromatic rings. The minimum absolute atomic E-state index is 0.142. The summed E-state index contributed by atoms with van der Waals surface area (Å²) in [5.74, 6) is 0. The molecule has 2 fully saturated rings. The van der Waals surface area contributed by atoms with Gasteiger partial charge in [0, 0.05) is 38.8 Å². The SMILES string of the molecule is OC1CCN([C@H]2CCN(Cc3ccccc3)C[C@@H]2O)CC1. The summed E-state index contributed by atoms with van der Waals surface area (Å²) in [5.41, 5.74) is 1.31. The standard InChI is InChI=1S/C17H26N2O2/c20-15-6-10-19(11-7-15)16-8-9-18(13-17(16)21)12-14-4-2-1-3-5-14/h1-5,15-17,20-21H,6-13H2/t16-,17-/m0/s1. The highest BCUT2D eigenvalue weighted by molar-refractivity contribution is 5.14. The Hall–Kier alpha value is -0.940. The van der Waals surface area contributed by atoms with Crippen LogP contribution in [0.1, 0.15) is 24.8 Å². The van der Waals surface area contributed by atoms with Crippen LogP contribution >= 0.6 is 0 Å². The number of nitrogens with zero attached hydrogens (tertiary/aromatic N) is 2. The Labute approximate surface area is 127 Å². The van der Waals surface area contributed by atoms with E-state index in [9.17, 15) is 10.2 Å². The molecule has 0 unspecified atom stereocenters. The molecule has 21 heavy (non-hydrogen) atoms. The van der Waals surface area contributed by atoms with Crippen molar-refractivity contribution in [1.29, 1.82) is 0 Å². The van der Waals surface area contributed by atoms with Crippen molar-refractivity contribution in [3.05, 3.63) is 35.9 Å². The van der Waals surface area contributed by atoms with Crippen LogP contribution in [-0.2, 0) is 6.54 Å². The van der Waals surface area contributed by atoms with Crippen LogP contribution in [0.3, 0.4) is 0 Å². The van der Waals surface area contributed by atoms with Crippen LogP contribution in [0, 0.1) is 0 Å². The molecule has 2 N–H and O–H groups in total. The van der Waals surface area contributed by atoms with Gasteiger partial charge in [0.05, 0.1) is 12.2 Å². The summed E-state index contributed by atoms with van der Waals surface area (Å²) < 4.78 is 0. The minimum Gasteiger partial charge on any atom is -0.393 e. The smallest absolute Gasteiger partial charge is 0.0822 e. The molecule has 1 aromatic carbocycles. The number of aliphatic hydroxyl groups is 2. The van der Waals surface area contributed by atoms with E-state index in [0.717, 1.165) is 52.0 Å². The summed E-state index contributed by atoms with van der Waals surface area (Å²) in [5, 5.41) is 20.1. The van der Waals surface area contributed by atoms with Gasteiger partial charge in [0.1, 0.15) is 0 Å². The number of likely N-dealkylation sites (tertiary alicyclic amines) is 2. The summed E-state index contributed by atoms with van der Waals surface area (Å²) >= 11 is 0. The highest BCUT2D eigenvalue weighted by Gasteiger charge is 2.33. The number of hydrogen-bond donors (Lipinski definition) is 2. The van der Waals surface area contributed by atoms with Crippen molar-refractivity contribution in [2.75, 3.05) is 26.2 Å². The van der Waals surface area contributed by atoms with Crippen molar-refractivity contribution >= 4 is 0 Å². The number of hydrogen-bond acceptors (Lipinski definition) is 4. The fourth-order valence-corrected chi connectivity index (χ4v) is 3.61. The predicted octanol–water partition coefficient (Wildman–Crippen LogP) is 1.08. The van der Waals surface area contributed by atoms with Crippen molar-refractivity contribution in [2.24, 2.45) is 0 Å². The van der Waals surface area contributed by atoms with Gasteiger partial charge in [-0.05, 0) is 24.8 Å². The zero-order valence-corrected chi connectivity index (χ0v) is 12.6. The summed E-state index contributed by atoms with van der Waals surface area (Å²) in [6, 6.07) is 10.7. The van der Waals surface area contributed by atoms with Crippen molar-refractivity contribution in [3.8, 4) is 0 Å². The van der Waals surface area contributed by atoms with Gasteiger partial charge in [-0.25, -0.2) is 0 Å². The monoisotopic (exact) mass is 290 g/mol. The highest BCUT2D eigenvalue weighted by Crippen LogP contribution is 2.22. The first-order valence-electron chi connectivity index (χ1n) is 8.09. The molecule has 2 saturated heterocycles. The lowest BCUT2D eigenvalue weighted by Crippen LogP contribution is -2.55. The van der Waals surface area contributed by atoms with Crippen LogP contribution < -0.4 is 0 Å². The molecule has 3 rings (SSSR count). The van der Waals surface area contributed by atoms with Crippen molar-refractivity contribution in [1.82, 2.24) is 9.80 Å². The molecule has 2 aliphatic heterocycles. The normalized spacial score (nSPS) is 29.6. The van der Waals surface area contributed by atoms with Gasteiger partial charge in [0.2, 0.25) is 0 Å². The van der Waals surface area contributed by atoms with Gasteiger partial charge >= 0.3 is 0 Å². The molecule has 0 bridgehead atoms. The van der Waals surface area contributed by atoms with E-state index in [1.54, 1.807) is 0 Å². The topological polar surface area (TPSA) is 46.9 Å². The van der Waals surface area contributed by atoms with E-state index in [-0.39, 0.29) is 18.2 Å². The van der Waals surface area contributed by atoms with E-state index < -0.39 is 0 Å². The molecule has 0 radical (unpaired) electrons. The van der Waals surface area contributed by atoms with Crippen LogP contribution in [0.4, 0.5) is 0 Å². The Morgan fingerprint density at radius 1 is 0.952 bits per heavy atom. The first kappa shape index (κ1) is 15.0. The number of aliphatic hydroxyl groups excluding tert-OH is 2. The van der Waals surface area contributed by atoms with E-state index in [0.29, 0.717) is 0 Å². The Balaban J connectivity index is 1.52. The minimum atomic E-state index is -0.280. The molecule has 116 valence electrons. The zero-order valence-electron chi connectivity index (χ0n) is 12.6. The lowest BCUT2D eigenvalue weighted by molar-refractivity contribution is -0.0355. The second-order valence-electron chi connectivity index (χ2n) is 6.41. The lowest BCUT2D eigenvalue weighted by atomic mass is 9.96. The van der Waals surface area contributed by atoms with Crippen LogP contribution in [0.5, 0.6) is 0 Å². The number of rotatable bonds is 3. The average molecular weight is 290 g/mol. The maximum absolute atomic E-state index is 10.5. The first-order valence-corrected chi connectivity index (χ1v) is 8.09. The fraction of sp³-hybridized carbons (Fsp3) is 0.647. The van der Waals surface area contributed by atoms with E-state index in [1.165, 1.54) is 5.56 Å². The quantitative estimate of drug-likeness (QED) is 0.874. The molecule has 2 heterocycles. The van der Waals surface area contributed by atoms with E-state index in [2.05, 4.69) is 34.1 Å². The average Bonchev–Trinajstić information content (AvgIpc) is 2.50. The third-order valence-electron chi connectivity index (χ3n) is 4.85. The molecular weight excluding hydrogens is 264 g/mol. The van der Waals surface area contributed by atoms with Crippen LogP contribution in [0.25, 0.3) is 0 Å². The molecule has 0 aliphatic carbocycles. The van der Waals surface area contributed by atoms with Gasteiger partial charge in [-0.15, -0.1) is 0 Å². The lowest BCUT2D eigenvalue weighted by Gasteiger charge is -2.43. The molecule has 2 aliphatic rings. The van der Waals surface area contributed by atoms with Gasteiger partial charge in [0.15, 0.2) is 0 Å². The summed E-state index contributed by atoms with van der Waals surface area (Å²) in [7, 11) is 0. The summed E-state index contributed by atoms with van der Waals surface area (Å²) in [6.45, 7) is 4.54. The second-order valence-corrected chi connectivity index (χ2v) is 6.41. The maximum Gasteiger partial charge on any atom is 0.0822 e. The van der Waals surface area contributed by atoms with E-state index >= 15 is 0 Å². The molecule has 0 saturated carbocycles. The number of benzene rings is 1. The number of β-amino-alcohol motifs (C(OH)–C–C–N with tert-alkyl or cyclic N) is 1. The van der Waals surface area contributed by atoms with Crippen molar-refractivity contribution < 1.29 is 10.2 Å². The molecule has 0 spiro atoms. The molecule has 2 atom stereocenters. The van der Waals surface area contributed by atoms with Crippen LogP contribution in [0.15, 0.2) is 30.3 Å². The molecule has 4 heteroatoms. The van der Waals surface area contributed by atoms with Gasteiger partial charge in [-0.3, -0.25) is 9.80 Å². The number of piperidine rings is 2. The molecule has 4 nitrogen and oxygen atoms in total. The zero-order chi connectivity index (χ0) is 14.7. The van der Waals surface area contributed by atoms with Gasteiger partial charge in [0.25, 0.3) is 0 Å². The largest absolute Gasteiger partial charge is 0.393 e. The van der Waals surface area contributed by atoms with Gasteiger partial charge in [-0.1, -0.05) is 30.3 Å². The molecule has 0 aromatic heterocycles. The third kappa shape index (κ3) is 3.83. The maximum atomic E-state index is 10.5. The molecule has 0 amide bonds. The van der Waals surface area contributed by atoms with Gasteiger partial charge < -0.3 is 10.2 Å². The summed E-state index contributed by atoms with van der Waals surface area (Å²) in [6.07, 6.45) is 2.28. The van der Waals surface area contributed by atoms with Crippen LogP contribution in [0.2, 0.25) is 0 Å². The van der Waals surface area contributed by atoms with Crippen LogP contribution in [-0.4, -0.2) is 64.4 Å². The predicted molar refractivity (Wildman–Crippen MR) is 82.9 cm³/mol. The second kappa shape index (κ2) is 6.88. The van der Waals surface area contributed by atoms with E-state index in [4.69, 9.17) is 0 Å². The Morgan fingerprint density at radius 3 is 2.33 bits per heavy atom. The Kier molecular flexibility index (Phi) is 4.91. The summed E-state index contributed by atoms with van der Waals surface area (Å²) in [4.78, 5) is 4.71. The first-order chi connectivity index (χ1) is 10.2. The van der Waals surface area contributed by atoms with Crippen molar-refractivity contribution in [2.45, 2.75) is 44.1 Å². The fourth-order valence-electron chi connectivity index (χ4n) is 3.61. The Morgan fingerprint density at radius 2 is 1.67 bits per heavy atom. The molecular formula is C17H26N2O2. The van der Waals surface area contributed by atoms with Gasteiger partial charge in [-0.2, -0.15) is 0 Å². The van der Waals surface area contributed by atoms with Crippen molar-refractivity contribution in [3.63, 3.8) is 0 Å².